The quantitative estimate of drug-likeness (QED) is 0.848. The molecule has 4 heteroatoms. The number of nitrogens with one attached hydrogen (secondary N) is 1. The molecule has 2 aliphatic rings. The van der Waals surface area contributed by atoms with Crippen molar-refractivity contribution >= 4 is 0 Å². The maximum atomic E-state index is 9.29. The highest BCUT2D eigenvalue weighted by atomic mass is 16.6. The van der Waals surface area contributed by atoms with Crippen LogP contribution in [0.1, 0.15) is 24.0 Å². The lowest BCUT2D eigenvalue weighted by molar-refractivity contribution is 0.171. The number of aliphatic hydroxyl groups excluding tert-OH is 1. The molecule has 1 aliphatic heterocycles. The van der Waals surface area contributed by atoms with Crippen LogP contribution in [0.3, 0.4) is 0 Å². The third kappa shape index (κ3) is 2.69. The summed E-state index contributed by atoms with van der Waals surface area (Å²) in [6.45, 7) is 5.33. The molecule has 0 saturated heterocycles. The number of aliphatic hydroxyl groups is 1. The van der Waals surface area contributed by atoms with Crippen LogP contribution in [0.15, 0.2) is 12.1 Å². The first-order valence-corrected chi connectivity index (χ1v) is 6.93. The van der Waals surface area contributed by atoms with E-state index >= 15 is 0 Å². The number of hydrogen-bond donors (Lipinski definition) is 2. The molecule has 1 saturated carbocycles. The van der Waals surface area contributed by atoms with Gasteiger partial charge in [0.2, 0.25) is 0 Å². The van der Waals surface area contributed by atoms with Crippen molar-refractivity contribution < 1.29 is 14.6 Å². The Labute approximate surface area is 113 Å². The van der Waals surface area contributed by atoms with Crippen LogP contribution in [0.25, 0.3) is 0 Å². The van der Waals surface area contributed by atoms with E-state index in [-0.39, 0.29) is 5.41 Å². The standard InChI is InChI=1S/C15H21NO3/c1-11-6-13-14(19-5-4-18-13)7-12(11)8-16-9-15(10-17)2-3-15/h6-7,16-17H,2-5,8-10H2,1H3. The van der Waals surface area contributed by atoms with Crippen molar-refractivity contribution in [2.75, 3.05) is 26.4 Å². The molecular formula is C15H21NO3. The fourth-order valence-electron chi connectivity index (χ4n) is 2.45. The lowest BCUT2D eigenvalue weighted by Gasteiger charge is -2.21. The average molecular weight is 263 g/mol. The summed E-state index contributed by atoms with van der Waals surface area (Å²) in [6, 6.07) is 4.11. The summed E-state index contributed by atoms with van der Waals surface area (Å²) < 4.78 is 11.2. The molecule has 4 nitrogen and oxygen atoms in total. The lowest BCUT2D eigenvalue weighted by atomic mass is 10.1. The van der Waals surface area contributed by atoms with Crippen molar-refractivity contribution in [2.24, 2.45) is 5.41 Å². The SMILES string of the molecule is Cc1cc2c(cc1CNCC1(CO)CC1)OCCO2. The van der Waals surface area contributed by atoms with Crippen molar-refractivity contribution in [1.29, 1.82) is 0 Å². The van der Waals surface area contributed by atoms with Gasteiger partial charge in [-0.1, -0.05) is 0 Å². The van der Waals surface area contributed by atoms with Crippen LogP contribution in [0, 0.1) is 12.3 Å². The summed E-state index contributed by atoms with van der Waals surface area (Å²) in [5.74, 6) is 1.69. The molecule has 0 unspecified atom stereocenters. The fraction of sp³-hybridized carbons (Fsp3) is 0.600. The molecule has 0 bridgehead atoms. The van der Waals surface area contributed by atoms with E-state index in [0.717, 1.165) is 37.4 Å². The molecular weight excluding hydrogens is 242 g/mol. The first kappa shape index (κ1) is 12.8. The van der Waals surface area contributed by atoms with E-state index in [0.29, 0.717) is 19.8 Å². The summed E-state index contributed by atoms with van der Waals surface area (Å²) in [4.78, 5) is 0. The smallest absolute Gasteiger partial charge is 0.161 e. The molecule has 0 spiro atoms. The highest BCUT2D eigenvalue weighted by Gasteiger charge is 2.41. The Morgan fingerprint density at radius 3 is 2.53 bits per heavy atom. The molecule has 2 N–H and O–H groups in total. The third-order valence-corrected chi connectivity index (χ3v) is 4.11. The molecule has 1 fully saturated rings. The van der Waals surface area contributed by atoms with Gasteiger partial charge in [0.15, 0.2) is 11.5 Å². The van der Waals surface area contributed by atoms with E-state index in [1.807, 2.05) is 6.07 Å². The first-order valence-electron chi connectivity index (χ1n) is 6.93. The molecule has 0 atom stereocenters. The number of fused-ring (bicyclic) bond motifs is 1. The highest BCUT2D eigenvalue weighted by molar-refractivity contribution is 5.47. The number of rotatable bonds is 5. The number of ether oxygens (including phenoxy) is 2. The third-order valence-electron chi connectivity index (χ3n) is 4.11. The highest BCUT2D eigenvalue weighted by Crippen LogP contribution is 2.44. The Hall–Kier alpha value is -1.26. The zero-order valence-electron chi connectivity index (χ0n) is 11.4. The van der Waals surface area contributed by atoms with Crippen molar-refractivity contribution in [3.05, 3.63) is 23.3 Å². The predicted molar refractivity (Wildman–Crippen MR) is 72.6 cm³/mol. The molecule has 0 amide bonds. The van der Waals surface area contributed by atoms with Gasteiger partial charge in [-0.2, -0.15) is 0 Å². The second-order valence-electron chi connectivity index (χ2n) is 5.68. The Balaban J connectivity index is 1.64. The second kappa shape index (κ2) is 5.02. The Morgan fingerprint density at radius 1 is 1.21 bits per heavy atom. The first-order chi connectivity index (χ1) is 9.22. The summed E-state index contributed by atoms with van der Waals surface area (Å²) >= 11 is 0. The second-order valence-corrected chi connectivity index (χ2v) is 5.68. The molecule has 1 aliphatic carbocycles. The minimum atomic E-state index is 0.154. The van der Waals surface area contributed by atoms with Crippen molar-refractivity contribution in [2.45, 2.75) is 26.3 Å². The van der Waals surface area contributed by atoms with Crippen LogP contribution < -0.4 is 14.8 Å². The van der Waals surface area contributed by atoms with Crippen molar-refractivity contribution in [1.82, 2.24) is 5.32 Å². The van der Waals surface area contributed by atoms with Gasteiger partial charge in [-0.3, -0.25) is 0 Å². The summed E-state index contributed by atoms with van der Waals surface area (Å²) in [5, 5.41) is 12.7. The van der Waals surface area contributed by atoms with E-state index in [4.69, 9.17) is 9.47 Å². The molecule has 0 radical (unpaired) electrons. The Kier molecular flexibility index (Phi) is 3.37. The van der Waals surface area contributed by atoms with Crippen molar-refractivity contribution in [3.8, 4) is 11.5 Å². The van der Waals surface area contributed by atoms with Crippen LogP contribution in [0.5, 0.6) is 11.5 Å². The minimum Gasteiger partial charge on any atom is -0.486 e. The largest absolute Gasteiger partial charge is 0.486 e. The maximum absolute atomic E-state index is 9.29. The van der Waals surface area contributed by atoms with Gasteiger partial charge < -0.3 is 19.9 Å². The van der Waals surface area contributed by atoms with Gasteiger partial charge in [0.1, 0.15) is 13.2 Å². The van der Waals surface area contributed by atoms with E-state index in [1.165, 1.54) is 11.1 Å². The molecule has 104 valence electrons. The Bertz CT molecular complexity index is 469. The van der Waals surface area contributed by atoms with Crippen LogP contribution in [0.4, 0.5) is 0 Å². The van der Waals surface area contributed by atoms with Gasteiger partial charge in [-0.05, 0) is 43.0 Å². The normalized spacial score (nSPS) is 19.3. The molecule has 19 heavy (non-hydrogen) atoms. The number of hydrogen-bond acceptors (Lipinski definition) is 4. The Morgan fingerprint density at radius 2 is 1.89 bits per heavy atom. The summed E-state index contributed by atoms with van der Waals surface area (Å²) in [6.07, 6.45) is 2.27. The molecule has 3 rings (SSSR count). The zero-order valence-corrected chi connectivity index (χ0v) is 11.4. The fourth-order valence-corrected chi connectivity index (χ4v) is 2.45. The van der Waals surface area contributed by atoms with E-state index < -0.39 is 0 Å². The summed E-state index contributed by atoms with van der Waals surface area (Å²) in [7, 11) is 0. The number of aryl methyl sites for hydroxylation is 1. The van der Waals surface area contributed by atoms with Crippen LogP contribution in [0.2, 0.25) is 0 Å². The number of benzene rings is 1. The minimum absolute atomic E-state index is 0.154. The van der Waals surface area contributed by atoms with Crippen LogP contribution >= 0.6 is 0 Å². The van der Waals surface area contributed by atoms with E-state index in [1.54, 1.807) is 0 Å². The van der Waals surface area contributed by atoms with Gasteiger partial charge in [0, 0.05) is 25.1 Å². The average Bonchev–Trinajstić information content (AvgIpc) is 3.20. The van der Waals surface area contributed by atoms with Crippen molar-refractivity contribution in [3.63, 3.8) is 0 Å². The van der Waals surface area contributed by atoms with Gasteiger partial charge in [0.25, 0.3) is 0 Å². The summed E-state index contributed by atoms with van der Waals surface area (Å²) in [5.41, 5.74) is 2.60. The molecule has 1 heterocycles. The van der Waals surface area contributed by atoms with Crippen LogP contribution in [-0.2, 0) is 6.54 Å². The predicted octanol–water partition coefficient (Wildman–Crippen LogP) is 1.63. The molecule has 1 aromatic carbocycles. The molecule has 1 aromatic rings. The molecule has 0 aromatic heterocycles. The van der Waals surface area contributed by atoms with Gasteiger partial charge >= 0.3 is 0 Å². The zero-order chi connectivity index (χ0) is 13.3. The van der Waals surface area contributed by atoms with Gasteiger partial charge in [-0.25, -0.2) is 0 Å². The lowest BCUT2D eigenvalue weighted by Crippen LogP contribution is -2.26. The maximum Gasteiger partial charge on any atom is 0.161 e. The van der Waals surface area contributed by atoms with Gasteiger partial charge in [-0.15, -0.1) is 0 Å². The topological polar surface area (TPSA) is 50.7 Å². The van der Waals surface area contributed by atoms with Crippen LogP contribution in [-0.4, -0.2) is 31.5 Å². The monoisotopic (exact) mass is 263 g/mol. The van der Waals surface area contributed by atoms with E-state index in [2.05, 4.69) is 18.3 Å². The van der Waals surface area contributed by atoms with Gasteiger partial charge in [0.05, 0.1) is 0 Å². The van der Waals surface area contributed by atoms with E-state index in [9.17, 15) is 5.11 Å².